The zero-order valence-electron chi connectivity index (χ0n) is 11.7. The van der Waals surface area contributed by atoms with Crippen LogP contribution in [0.3, 0.4) is 0 Å². The van der Waals surface area contributed by atoms with Crippen molar-refractivity contribution in [3.8, 4) is 0 Å². The van der Waals surface area contributed by atoms with Crippen LogP contribution in [-0.2, 0) is 4.79 Å². The molecule has 3 nitrogen and oxygen atoms in total. The van der Waals surface area contributed by atoms with Gasteiger partial charge in [0, 0.05) is 45.1 Å². The first-order chi connectivity index (χ1) is 7.78. The Labute approximate surface area is 104 Å². The molecule has 1 heterocycles. The number of piperidine rings is 1. The number of nitrogens with zero attached hydrogens (tertiary/aromatic N) is 2. The van der Waals surface area contributed by atoms with E-state index in [4.69, 9.17) is 0 Å². The number of likely N-dealkylation sites (tertiary alicyclic amines) is 1. The van der Waals surface area contributed by atoms with Crippen LogP contribution < -0.4 is 0 Å². The van der Waals surface area contributed by atoms with Crippen LogP contribution in [0.2, 0.25) is 0 Å². The standard InChI is InChI=1S/C13H25FN2O/c1-10(2)15(5)12(17)13(14)6-8-16(9-7-13)11(3)4/h10-11H,6-9H2,1-5H3. The van der Waals surface area contributed by atoms with Crippen molar-refractivity contribution in [2.24, 2.45) is 0 Å². The number of carbonyl (C=O) groups excluding carboxylic acids is 1. The van der Waals surface area contributed by atoms with Crippen molar-refractivity contribution in [3.63, 3.8) is 0 Å². The molecule has 1 rings (SSSR count). The Kier molecular flexibility index (Phi) is 4.53. The third-order valence-electron chi connectivity index (χ3n) is 3.80. The van der Waals surface area contributed by atoms with Gasteiger partial charge in [-0.2, -0.15) is 0 Å². The lowest BCUT2D eigenvalue weighted by atomic mass is 9.91. The molecule has 4 heteroatoms. The van der Waals surface area contributed by atoms with Crippen molar-refractivity contribution >= 4 is 5.91 Å². The van der Waals surface area contributed by atoms with Crippen LogP contribution in [0, 0.1) is 0 Å². The topological polar surface area (TPSA) is 23.6 Å². The molecule has 0 saturated carbocycles. The minimum absolute atomic E-state index is 0.0539. The first-order valence-electron chi connectivity index (χ1n) is 6.48. The Morgan fingerprint density at radius 2 is 1.71 bits per heavy atom. The van der Waals surface area contributed by atoms with Gasteiger partial charge in [-0.05, 0) is 27.7 Å². The number of halogens is 1. The summed E-state index contributed by atoms with van der Waals surface area (Å²) < 4.78 is 14.6. The zero-order valence-corrected chi connectivity index (χ0v) is 11.7. The van der Waals surface area contributed by atoms with E-state index in [1.807, 2.05) is 13.8 Å². The maximum atomic E-state index is 14.6. The molecule has 0 bridgehead atoms. The second-order valence-corrected chi connectivity index (χ2v) is 5.60. The van der Waals surface area contributed by atoms with E-state index < -0.39 is 5.67 Å². The fraction of sp³-hybridized carbons (Fsp3) is 0.923. The molecule has 0 aromatic carbocycles. The van der Waals surface area contributed by atoms with Gasteiger partial charge in [0.25, 0.3) is 5.91 Å². The van der Waals surface area contributed by atoms with E-state index in [2.05, 4.69) is 18.7 Å². The Hall–Kier alpha value is -0.640. The van der Waals surface area contributed by atoms with E-state index in [0.717, 1.165) is 0 Å². The molecule has 0 unspecified atom stereocenters. The van der Waals surface area contributed by atoms with Crippen LogP contribution in [-0.4, -0.2) is 53.6 Å². The van der Waals surface area contributed by atoms with Crippen LogP contribution in [0.4, 0.5) is 4.39 Å². The van der Waals surface area contributed by atoms with Crippen molar-refractivity contribution in [1.82, 2.24) is 9.80 Å². The molecule has 0 aromatic rings. The van der Waals surface area contributed by atoms with Gasteiger partial charge in [0.1, 0.15) is 0 Å². The van der Waals surface area contributed by atoms with Crippen molar-refractivity contribution in [1.29, 1.82) is 0 Å². The normalized spacial score (nSPS) is 20.9. The highest BCUT2D eigenvalue weighted by Crippen LogP contribution is 2.29. The predicted molar refractivity (Wildman–Crippen MR) is 67.7 cm³/mol. The molecule has 1 fully saturated rings. The van der Waals surface area contributed by atoms with Crippen LogP contribution in [0.1, 0.15) is 40.5 Å². The minimum Gasteiger partial charge on any atom is -0.341 e. The van der Waals surface area contributed by atoms with Crippen molar-refractivity contribution in [2.75, 3.05) is 20.1 Å². The number of rotatable bonds is 3. The van der Waals surface area contributed by atoms with E-state index >= 15 is 0 Å². The molecule has 1 saturated heterocycles. The average Bonchev–Trinajstić information content (AvgIpc) is 2.27. The molecule has 100 valence electrons. The Balaban J connectivity index is 2.63. The summed E-state index contributed by atoms with van der Waals surface area (Å²) in [5.74, 6) is -0.351. The number of hydrogen-bond donors (Lipinski definition) is 0. The fourth-order valence-corrected chi connectivity index (χ4v) is 2.16. The highest BCUT2D eigenvalue weighted by Gasteiger charge is 2.43. The molecular formula is C13H25FN2O. The Morgan fingerprint density at radius 3 is 2.06 bits per heavy atom. The molecule has 1 aliphatic heterocycles. The molecule has 17 heavy (non-hydrogen) atoms. The summed E-state index contributed by atoms with van der Waals surface area (Å²) >= 11 is 0. The largest absolute Gasteiger partial charge is 0.341 e. The third-order valence-corrected chi connectivity index (χ3v) is 3.80. The second-order valence-electron chi connectivity index (χ2n) is 5.60. The molecule has 0 atom stereocenters. The third kappa shape index (κ3) is 3.18. The number of carbonyl (C=O) groups is 1. The van der Waals surface area contributed by atoms with Crippen LogP contribution in [0.15, 0.2) is 0 Å². The Bertz CT molecular complexity index is 271. The van der Waals surface area contributed by atoms with Gasteiger partial charge in [-0.25, -0.2) is 4.39 Å². The quantitative estimate of drug-likeness (QED) is 0.758. The van der Waals surface area contributed by atoms with E-state index in [1.165, 1.54) is 4.90 Å². The first kappa shape index (κ1) is 14.4. The van der Waals surface area contributed by atoms with Gasteiger partial charge in [-0.3, -0.25) is 4.79 Å². The molecular weight excluding hydrogens is 219 g/mol. The van der Waals surface area contributed by atoms with E-state index in [-0.39, 0.29) is 11.9 Å². The van der Waals surface area contributed by atoms with Crippen LogP contribution >= 0.6 is 0 Å². The van der Waals surface area contributed by atoms with Gasteiger partial charge in [0.05, 0.1) is 0 Å². The molecule has 0 spiro atoms. The van der Waals surface area contributed by atoms with Crippen LogP contribution in [0.25, 0.3) is 0 Å². The van der Waals surface area contributed by atoms with Crippen molar-refractivity contribution in [2.45, 2.75) is 58.3 Å². The smallest absolute Gasteiger partial charge is 0.260 e. The molecule has 0 N–H and O–H groups in total. The first-order valence-corrected chi connectivity index (χ1v) is 6.48. The Morgan fingerprint density at radius 1 is 1.24 bits per heavy atom. The van der Waals surface area contributed by atoms with E-state index in [1.54, 1.807) is 7.05 Å². The SMILES string of the molecule is CC(C)N1CCC(F)(C(=O)N(C)C(C)C)CC1. The lowest BCUT2D eigenvalue weighted by Gasteiger charge is -2.39. The van der Waals surface area contributed by atoms with E-state index in [0.29, 0.717) is 32.0 Å². The lowest BCUT2D eigenvalue weighted by Crippen LogP contribution is -2.53. The molecule has 0 radical (unpaired) electrons. The maximum absolute atomic E-state index is 14.6. The van der Waals surface area contributed by atoms with Crippen LogP contribution in [0.5, 0.6) is 0 Å². The molecule has 0 aliphatic carbocycles. The van der Waals surface area contributed by atoms with Gasteiger partial charge in [0.2, 0.25) is 0 Å². The maximum Gasteiger partial charge on any atom is 0.260 e. The van der Waals surface area contributed by atoms with Gasteiger partial charge < -0.3 is 9.80 Å². The molecule has 0 aromatic heterocycles. The minimum atomic E-state index is -1.65. The fourth-order valence-electron chi connectivity index (χ4n) is 2.16. The summed E-state index contributed by atoms with van der Waals surface area (Å²) in [6.07, 6.45) is 0.641. The zero-order chi connectivity index (χ0) is 13.2. The highest BCUT2D eigenvalue weighted by atomic mass is 19.1. The van der Waals surface area contributed by atoms with Crippen molar-refractivity contribution in [3.05, 3.63) is 0 Å². The second kappa shape index (κ2) is 5.34. The molecule has 1 amide bonds. The lowest BCUT2D eigenvalue weighted by molar-refractivity contribution is -0.148. The summed E-state index contributed by atoms with van der Waals surface area (Å²) in [5, 5.41) is 0. The monoisotopic (exact) mass is 244 g/mol. The predicted octanol–water partition coefficient (Wildman–Crippen LogP) is 2.07. The number of amides is 1. The van der Waals surface area contributed by atoms with Gasteiger partial charge in [-0.1, -0.05) is 0 Å². The summed E-state index contributed by atoms with van der Waals surface area (Å²) in [5.41, 5.74) is -1.65. The van der Waals surface area contributed by atoms with Gasteiger partial charge in [-0.15, -0.1) is 0 Å². The van der Waals surface area contributed by atoms with E-state index in [9.17, 15) is 9.18 Å². The summed E-state index contributed by atoms with van der Waals surface area (Å²) in [4.78, 5) is 15.8. The summed E-state index contributed by atoms with van der Waals surface area (Å²) in [6, 6.07) is 0.482. The number of alkyl halides is 1. The average molecular weight is 244 g/mol. The summed E-state index contributed by atoms with van der Waals surface area (Å²) in [6.45, 7) is 9.37. The molecule has 1 aliphatic rings. The van der Waals surface area contributed by atoms with Gasteiger partial charge >= 0.3 is 0 Å². The van der Waals surface area contributed by atoms with Gasteiger partial charge in [0.15, 0.2) is 5.67 Å². The highest BCUT2D eigenvalue weighted by molar-refractivity contribution is 5.85. The van der Waals surface area contributed by atoms with Crippen molar-refractivity contribution < 1.29 is 9.18 Å². The number of hydrogen-bond acceptors (Lipinski definition) is 2. The summed E-state index contributed by atoms with van der Waals surface area (Å²) in [7, 11) is 1.68.